The monoisotopic (exact) mass is 470 g/mol. The lowest BCUT2D eigenvalue weighted by atomic mass is 9.90. The molecule has 0 bridgehead atoms. The molecule has 0 fully saturated rings. The van der Waals surface area contributed by atoms with Crippen LogP contribution in [0.5, 0.6) is 5.75 Å². The number of methoxy groups -OCH3 is 1. The molecule has 0 aliphatic carbocycles. The Balaban J connectivity index is 2.26. The first-order valence-corrected chi connectivity index (χ1v) is 13.6. The molecule has 0 heterocycles. The van der Waals surface area contributed by atoms with Crippen molar-refractivity contribution >= 4 is 23.3 Å². The highest BCUT2D eigenvalue weighted by Gasteiger charge is 2.34. The maximum atomic E-state index is 15.1. The van der Waals surface area contributed by atoms with E-state index in [1.165, 1.54) is 5.57 Å². The van der Waals surface area contributed by atoms with Gasteiger partial charge in [-0.1, -0.05) is 118 Å². The van der Waals surface area contributed by atoms with E-state index in [0.29, 0.717) is 5.31 Å². The van der Waals surface area contributed by atoms with Crippen LogP contribution >= 0.6 is 7.14 Å². The van der Waals surface area contributed by atoms with E-state index >= 15 is 4.57 Å². The maximum absolute atomic E-state index is 15.1. The van der Waals surface area contributed by atoms with Gasteiger partial charge in [-0.25, -0.2) is 0 Å². The minimum absolute atomic E-state index is 0.655. The van der Waals surface area contributed by atoms with Crippen LogP contribution in [0.4, 0.5) is 0 Å². The zero-order chi connectivity index (χ0) is 24.6. The van der Waals surface area contributed by atoms with Crippen molar-refractivity contribution < 1.29 is 9.30 Å². The minimum Gasteiger partial charge on any atom is -0.497 e. The summed E-state index contributed by atoms with van der Waals surface area (Å²) in [5.41, 5.74) is 4.05. The van der Waals surface area contributed by atoms with Crippen molar-refractivity contribution in [2.24, 2.45) is 0 Å². The molecule has 3 heteroatoms. The number of allylic oxidation sites excluding steroid dienone is 4. The van der Waals surface area contributed by atoms with Gasteiger partial charge in [0.2, 0.25) is 0 Å². The van der Waals surface area contributed by atoms with Gasteiger partial charge in [0.1, 0.15) is 5.75 Å². The Bertz CT molecular complexity index is 1140. The largest absolute Gasteiger partial charge is 0.497 e. The molecule has 0 aromatic heterocycles. The van der Waals surface area contributed by atoms with E-state index in [1.807, 2.05) is 84.9 Å². The van der Waals surface area contributed by atoms with Gasteiger partial charge in [0.05, 0.1) is 7.11 Å². The molecule has 34 heavy (non-hydrogen) atoms. The number of benzene rings is 3. The SMILES string of the molecule is C=C(C(C(=C)P(=O)(c1ccccc1)c1ccccc1)=C(CCC)CCC)c1ccc(OC)cc1. The van der Waals surface area contributed by atoms with E-state index in [1.54, 1.807) is 7.11 Å². The van der Waals surface area contributed by atoms with Gasteiger partial charge in [0, 0.05) is 15.9 Å². The van der Waals surface area contributed by atoms with Gasteiger partial charge in [-0.15, -0.1) is 0 Å². The Hall–Kier alpha value is -3.09. The molecular weight excluding hydrogens is 435 g/mol. The van der Waals surface area contributed by atoms with Crippen molar-refractivity contribution in [3.8, 4) is 5.75 Å². The van der Waals surface area contributed by atoms with Gasteiger partial charge in [0.15, 0.2) is 7.14 Å². The second-order valence-corrected chi connectivity index (χ2v) is 11.2. The predicted octanol–water partition coefficient (Wildman–Crippen LogP) is 8.13. The quantitative estimate of drug-likeness (QED) is 0.209. The molecule has 0 saturated carbocycles. The highest BCUT2D eigenvalue weighted by Crippen LogP contribution is 2.57. The fraction of sp³-hybridized carbons (Fsp3) is 0.226. The van der Waals surface area contributed by atoms with Crippen molar-refractivity contribution in [2.45, 2.75) is 39.5 Å². The van der Waals surface area contributed by atoms with Crippen LogP contribution in [0.15, 0.2) is 115 Å². The van der Waals surface area contributed by atoms with E-state index in [2.05, 4.69) is 27.0 Å². The van der Waals surface area contributed by atoms with Crippen LogP contribution in [0.2, 0.25) is 0 Å². The highest BCUT2D eigenvalue weighted by atomic mass is 31.2. The summed E-state index contributed by atoms with van der Waals surface area (Å²) in [7, 11) is -1.54. The topological polar surface area (TPSA) is 26.3 Å². The summed E-state index contributed by atoms with van der Waals surface area (Å²) in [5, 5.41) is 2.24. The molecule has 0 aliphatic heterocycles. The zero-order valence-corrected chi connectivity index (χ0v) is 21.5. The first kappa shape index (κ1) is 25.5. The first-order chi connectivity index (χ1) is 16.5. The van der Waals surface area contributed by atoms with Gasteiger partial charge in [0.25, 0.3) is 0 Å². The molecule has 3 aromatic carbocycles. The molecule has 0 atom stereocenters. The van der Waals surface area contributed by atoms with Crippen LogP contribution in [-0.2, 0) is 4.57 Å². The fourth-order valence-electron chi connectivity index (χ4n) is 4.40. The number of ether oxygens (including phenoxy) is 1. The maximum Gasteiger partial charge on any atom is 0.171 e. The lowest BCUT2D eigenvalue weighted by Gasteiger charge is -2.27. The predicted molar refractivity (Wildman–Crippen MR) is 148 cm³/mol. The molecular formula is C31H35O2P. The van der Waals surface area contributed by atoms with Gasteiger partial charge in [-0.2, -0.15) is 0 Å². The lowest BCUT2D eigenvalue weighted by Crippen LogP contribution is -2.18. The highest BCUT2D eigenvalue weighted by molar-refractivity contribution is 7.82. The standard InChI is InChI=1S/C31H35O2P/c1-6-14-27(15-7-2)31(24(3)26-20-22-28(33-5)23-21-26)25(4)34(32,29-16-10-8-11-17-29)30-18-12-9-13-19-30/h8-13,16-23H,3-4,6-7,14-15H2,1-2,5H3. The first-order valence-electron chi connectivity index (χ1n) is 11.9. The van der Waals surface area contributed by atoms with Crippen LogP contribution < -0.4 is 15.3 Å². The Morgan fingerprint density at radius 3 is 1.65 bits per heavy atom. The molecule has 0 radical (unpaired) electrons. The Labute approximate surface area is 205 Å². The molecule has 0 N–H and O–H groups in total. The van der Waals surface area contributed by atoms with E-state index in [0.717, 1.165) is 58.8 Å². The smallest absolute Gasteiger partial charge is 0.171 e. The summed E-state index contributed by atoms with van der Waals surface area (Å²) in [6, 6.07) is 27.4. The second kappa shape index (κ2) is 11.9. The van der Waals surface area contributed by atoms with Crippen molar-refractivity contribution in [3.05, 3.63) is 120 Å². The molecule has 0 saturated heterocycles. The summed E-state index contributed by atoms with van der Waals surface area (Å²) < 4.78 is 20.5. The molecule has 2 nitrogen and oxygen atoms in total. The third-order valence-electron chi connectivity index (χ3n) is 6.11. The van der Waals surface area contributed by atoms with E-state index < -0.39 is 7.14 Å². The molecule has 0 aliphatic rings. The number of hydrogen-bond donors (Lipinski definition) is 0. The van der Waals surface area contributed by atoms with E-state index in [9.17, 15) is 0 Å². The summed E-state index contributed by atoms with van der Waals surface area (Å²) in [5.74, 6) is 0.794. The summed E-state index contributed by atoms with van der Waals surface area (Å²) >= 11 is 0. The Kier molecular flexibility index (Phi) is 8.91. The Morgan fingerprint density at radius 1 is 0.765 bits per heavy atom. The minimum atomic E-state index is -3.20. The third kappa shape index (κ3) is 5.34. The number of rotatable bonds is 11. The van der Waals surface area contributed by atoms with Crippen LogP contribution in [0.25, 0.3) is 5.57 Å². The van der Waals surface area contributed by atoms with Crippen molar-refractivity contribution in [3.63, 3.8) is 0 Å². The van der Waals surface area contributed by atoms with Crippen molar-refractivity contribution in [2.75, 3.05) is 7.11 Å². The van der Waals surface area contributed by atoms with Crippen LogP contribution in [0.3, 0.4) is 0 Å². The summed E-state index contributed by atoms with van der Waals surface area (Å²) in [4.78, 5) is 0. The van der Waals surface area contributed by atoms with Gasteiger partial charge in [-0.3, -0.25) is 0 Å². The van der Waals surface area contributed by atoms with Gasteiger partial charge >= 0.3 is 0 Å². The molecule has 3 rings (SSSR count). The molecule has 0 spiro atoms. The van der Waals surface area contributed by atoms with Crippen molar-refractivity contribution in [1.29, 1.82) is 0 Å². The van der Waals surface area contributed by atoms with Crippen LogP contribution in [0.1, 0.15) is 45.1 Å². The lowest BCUT2D eigenvalue weighted by molar-refractivity contribution is 0.415. The zero-order valence-electron chi connectivity index (χ0n) is 20.6. The molecule has 176 valence electrons. The average molecular weight is 471 g/mol. The van der Waals surface area contributed by atoms with E-state index in [-0.39, 0.29) is 0 Å². The normalized spacial score (nSPS) is 11.0. The van der Waals surface area contributed by atoms with Crippen LogP contribution in [0, 0.1) is 0 Å². The van der Waals surface area contributed by atoms with Crippen LogP contribution in [-0.4, -0.2) is 7.11 Å². The number of hydrogen-bond acceptors (Lipinski definition) is 2. The summed E-state index contributed by atoms with van der Waals surface area (Å²) in [6.45, 7) is 13.4. The molecule has 0 amide bonds. The third-order valence-corrected chi connectivity index (χ3v) is 9.14. The Morgan fingerprint density at radius 2 is 1.24 bits per heavy atom. The van der Waals surface area contributed by atoms with Gasteiger partial charge in [-0.05, 0) is 41.7 Å². The molecule has 3 aromatic rings. The van der Waals surface area contributed by atoms with Gasteiger partial charge < -0.3 is 9.30 Å². The van der Waals surface area contributed by atoms with Crippen molar-refractivity contribution in [1.82, 2.24) is 0 Å². The molecule has 0 unspecified atom stereocenters. The van der Waals surface area contributed by atoms with E-state index in [4.69, 9.17) is 4.74 Å². The summed E-state index contributed by atoms with van der Waals surface area (Å²) in [6.07, 6.45) is 3.84. The second-order valence-electron chi connectivity index (χ2n) is 8.41. The average Bonchev–Trinajstić information content (AvgIpc) is 2.89. The fourth-order valence-corrected chi connectivity index (χ4v) is 7.11.